The molecule has 0 radical (unpaired) electrons. The molecule has 1 fully saturated rings. The molecule has 1 saturated heterocycles. The molecule has 1 aromatic heterocycles. The van der Waals surface area contributed by atoms with Crippen molar-refractivity contribution >= 4 is 5.82 Å². The fourth-order valence-corrected chi connectivity index (χ4v) is 2.78. The van der Waals surface area contributed by atoms with Gasteiger partial charge in [-0.05, 0) is 49.4 Å². The van der Waals surface area contributed by atoms with Crippen LogP contribution in [0, 0.1) is 18.8 Å². The maximum Gasteiger partial charge on any atom is 0.131 e. The Labute approximate surface area is 111 Å². The quantitative estimate of drug-likeness (QED) is 0.886. The summed E-state index contributed by atoms with van der Waals surface area (Å²) < 4.78 is 0. The molecule has 0 amide bonds. The van der Waals surface area contributed by atoms with Crippen LogP contribution in [0.15, 0.2) is 12.3 Å². The first-order chi connectivity index (χ1) is 8.61. The Morgan fingerprint density at radius 2 is 2.28 bits per heavy atom. The third-order valence-corrected chi connectivity index (χ3v) is 3.96. The fraction of sp³-hybridized carbons (Fsp3) is 0.667. The van der Waals surface area contributed by atoms with Crippen LogP contribution in [0.2, 0.25) is 0 Å². The van der Waals surface area contributed by atoms with Gasteiger partial charge in [-0.3, -0.25) is 0 Å². The number of nitrogens with one attached hydrogen (secondary N) is 1. The minimum absolute atomic E-state index is 0.777. The molecule has 1 aliphatic heterocycles. The molecule has 1 aromatic rings. The second kappa shape index (κ2) is 5.70. The van der Waals surface area contributed by atoms with Crippen LogP contribution in [0.3, 0.4) is 0 Å². The van der Waals surface area contributed by atoms with Crippen LogP contribution in [-0.4, -0.2) is 25.1 Å². The molecule has 1 N–H and O–H groups in total. The molecule has 3 nitrogen and oxygen atoms in total. The molecule has 0 spiro atoms. The molecular weight excluding hydrogens is 222 g/mol. The van der Waals surface area contributed by atoms with Gasteiger partial charge in [-0.15, -0.1) is 0 Å². The summed E-state index contributed by atoms with van der Waals surface area (Å²) >= 11 is 0. The van der Waals surface area contributed by atoms with Crippen molar-refractivity contribution in [1.82, 2.24) is 10.3 Å². The average molecular weight is 247 g/mol. The number of pyridine rings is 1. The first-order valence-electron chi connectivity index (χ1n) is 6.97. The predicted octanol–water partition coefficient (Wildman–Crippen LogP) is 2.59. The Bertz CT molecular complexity index is 401. The fourth-order valence-electron chi connectivity index (χ4n) is 2.78. The molecule has 0 aliphatic carbocycles. The van der Waals surface area contributed by atoms with E-state index in [4.69, 9.17) is 0 Å². The molecule has 1 aliphatic rings. The summed E-state index contributed by atoms with van der Waals surface area (Å²) in [6.07, 6.45) is 3.30. The lowest BCUT2D eigenvalue weighted by Gasteiger charge is -2.21. The van der Waals surface area contributed by atoms with E-state index in [1.165, 1.54) is 23.4 Å². The zero-order valence-electron chi connectivity index (χ0n) is 12.0. The smallest absolute Gasteiger partial charge is 0.131 e. The van der Waals surface area contributed by atoms with Crippen LogP contribution in [0.5, 0.6) is 0 Å². The van der Waals surface area contributed by atoms with Gasteiger partial charge in [-0.1, -0.05) is 13.8 Å². The third kappa shape index (κ3) is 2.83. The molecule has 18 heavy (non-hydrogen) atoms. The summed E-state index contributed by atoms with van der Waals surface area (Å²) in [6.45, 7) is 10.0. The van der Waals surface area contributed by atoms with E-state index in [0.717, 1.165) is 31.5 Å². The Hall–Kier alpha value is -1.09. The molecule has 2 rings (SSSR count). The largest absolute Gasteiger partial charge is 0.356 e. The Morgan fingerprint density at radius 1 is 1.50 bits per heavy atom. The van der Waals surface area contributed by atoms with Crippen molar-refractivity contribution in [2.75, 3.05) is 25.0 Å². The number of aryl methyl sites for hydroxylation is 1. The van der Waals surface area contributed by atoms with E-state index in [1.807, 2.05) is 13.2 Å². The van der Waals surface area contributed by atoms with Gasteiger partial charge in [-0.2, -0.15) is 0 Å². The highest BCUT2D eigenvalue weighted by molar-refractivity contribution is 5.48. The van der Waals surface area contributed by atoms with Gasteiger partial charge >= 0.3 is 0 Å². The average Bonchev–Trinajstić information content (AvgIpc) is 2.79. The second-order valence-corrected chi connectivity index (χ2v) is 5.75. The molecule has 1 atom stereocenters. The molecule has 0 saturated carbocycles. The zero-order valence-corrected chi connectivity index (χ0v) is 12.0. The van der Waals surface area contributed by atoms with Crippen LogP contribution in [-0.2, 0) is 6.54 Å². The summed E-state index contributed by atoms with van der Waals surface area (Å²) in [5.74, 6) is 2.78. The van der Waals surface area contributed by atoms with Crippen LogP contribution in [0.4, 0.5) is 5.82 Å². The predicted molar refractivity (Wildman–Crippen MR) is 76.9 cm³/mol. The molecule has 100 valence electrons. The summed E-state index contributed by atoms with van der Waals surface area (Å²) in [4.78, 5) is 7.11. The van der Waals surface area contributed by atoms with Crippen molar-refractivity contribution < 1.29 is 0 Å². The van der Waals surface area contributed by atoms with Gasteiger partial charge < -0.3 is 10.2 Å². The highest BCUT2D eigenvalue weighted by atomic mass is 15.2. The minimum Gasteiger partial charge on any atom is -0.356 e. The zero-order chi connectivity index (χ0) is 13.1. The van der Waals surface area contributed by atoms with Gasteiger partial charge in [-0.25, -0.2) is 4.98 Å². The van der Waals surface area contributed by atoms with Crippen LogP contribution >= 0.6 is 0 Å². The Morgan fingerprint density at radius 3 is 2.83 bits per heavy atom. The molecule has 0 bridgehead atoms. The van der Waals surface area contributed by atoms with Crippen LogP contribution in [0.1, 0.15) is 31.4 Å². The summed E-state index contributed by atoms with van der Waals surface area (Å²) in [5, 5.41) is 3.17. The monoisotopic (exact) mass is 247 g/mol. The highest BCUT2D eigenvalue weighted by Gasteiger charge is 2.26. The van der Waals surface area contributed by atoms with E-state index in [1.54, 1.807) is 0 Å². The normalized spacial score (nSPS) is 19.8. The first kappa shape index (κ1) is 13.3. The van der Waals surface area contributed by atoms with Gasteiger partial charge in [0.25, 0.3) is 0 Å². The van der Waals surface area contributed by atoms with Gasteiger partial charge in [0.05, 0.1) is 0 Å². The van der Waals surface area contributed by atoms with E-state index < -0.39 is 0 Å². The second-order valence-electron chi connectivity index (χ2n) is 5.75. The van der Waals surface area contributed by atoms with Crippen molar-refractivity contribution in [3.63, 3.8) is 0 Å². The van der Waals surface area contributed by atoms with Crippen LogP contribution < -0.4 is 10.2 Å². The summed E-state index contributed by atoms with van der Waals surface area (Å²) in [7, 11) is 1.97. The highest BCUT2D eigenvalue weighted by Crippen LogP contribution is 2.29. The van der Waals surface area contributed by atoms with Crippen molar-refractivity contribution in [3.8, 4) is 0 Å². The van der Waals surface area contributed by atoms with Gasteiger partial charge in [0.15, 0.2) is 0 Å². The van der Waals surface area contributed by atoms with Crippen molar-refractivity contribution in [2.24, 2.45) is 11.8 Å². The SMILES string of the molecule is CNCc1cnc(N2CCC(C(C)C)C2)c(C)c1. The van der Waals surface area contributed by atoms with Crippen LogP contribution in [0.25, 0.3) is 0 Å². The summed E-state index contributed by atoms with van der Waals surface area (Å²) in [5.41, 5.74) is 2.56. The molecule has 2 heterocycles. The standard InChI is InChI=1S/C15H25N3/c1-11(2)14-5-6-18(10-14)15-12(3)7-13(8-16-4)9-17-15/h7,9,11,14,16H,5-6,8,10H2,1-4H3. The van der Waals surface area contributed by atoms with Gasteiger partial charge in [0.1, 0.15) is 5.82 Å². The van der Waals surface area contributed by atoms with E-state index in [-0.39, 0.29) is 0 Å². The third-order valence-electron chi connectivity index (χ3n) is 3.96. The molecule has 3 heteroatoms. The van der Waals surface area contributed by atoms with E-state index in [9.17, 15) is 0 Å². The Balaban J connectivity index is 2.10. The van der Waals surface area contributed by atoms with Crippen molar-refractivity contribution in [1.29, 1.82) is 0 Å². The number of anilines is 1. The van der Waals surface area contributed by atoms with E-state index >= 15 is 0 Å². The number of aromatic nitrogens is 1. The number of hydrogen-bond donors (Lipinski definition) is 1. The minimum atomic E-state index is 0.777. The van der Waals surface area contributed by atoms with Gasteiger partial charge in [0.2, 0.25) is 0 Å². The van der Waals surface area contributed by atoms with Gasteiger partial charge in [0, 0.05) is 25.8 Å². The van der Waals surface area contributed by atoms with Crippen molar-refractivity contribution in [3.05, 3.63) is 23.4 Å². The Kier molecular flexibility index (Phi) is 4.23. The van der Waals surface area contributed by atoms with E-state index in [0.29, 0.717) is 0 Å². The lowest BCUT2D eigenvalue weighted by atomic mass is 9.95. The topological polar surface area (TPSA) is 28.2 Å². The lowest BCUT2D eigenvalue weighted by Crippen LogP contribution is -2.23. The summed E-state index contributed by atoms with van der Waals surface area (Å²) in [6, 6.07) is 2.25. The number of rotatable bonds is 4. The molecule has 1 unspecified atom stereocenters. The number of hydrogen-bond acceptors (Lipinski definition) is 3. The molecular formula is C15H25N3. The molecule has 0 aromatic carbocycles. The van der Waals surface area contributed by atoms with Crippen molar-refractivity contribution in [2.45, 2.75) is 33.7 Å². The maximum absolute atomic E-state index is 4.66. The lowest BCUT2D eigenvalue weighted by molar-refractivity contribution is 0.422. The number of nitrogens with zero attached hydrogens (tertiary/aromatic N) is 2. The van der Waals surface area contributed by atoms with E-state index in [2.05, 4.69) is 42.0 Å². The maximum atomic E-state index is 4.66. The first-order valence-corrected chi connectivity index (χ1v) is 6.97.